The highest BCUT2D eigenvalue weighted by Gasteiger charge is 2.34. The van der Waals surface area contributed by atoms with Crippen molar-refractivity contribution in [2.45, 2.75) is 12.8 Å². The maximum Gasteiger partial charge on any atom is 0.236 e. The maximum atomic E-state index is 12.7. The standard InChI is InChI=1S/C22H18ClNO2/c1-13-3-5-14(6-4-13)15-7-9-17-19(11-15)24-22(25)21(17)18-12-16(23)8-10-20(18)26-2/h3-12,21H,1-2H3,(H,24,25). The van der Waals surface area contributed by atoms with Gasteiger partial charge in [0, 0.05) is 16.3 Å². The minimum absolute atomic E-state index is 0.0679. The molecule has 1 aliphatic heterocycles. The largest absolute Gasteiger partial charge is 0.496 e. The van der Waals surface area contributed by atoms with Crippen LogP contribution in [-0.2, 0) is 4.79 Å². The third-order valence-corrected chi connectivity index (χ3v) is 5.01. The molecule has 3 aromatic carbocycles. The SMILES string of the molecule is COc1ccc(Cl)cc1C1C(=O)Nc2cc(-c3ccc(C)cc3)ccc21. The van der Waals surface area contributed by atoms with Gasteiger partial charge in [-0.3, -0.25) is 4.79 Å². The predicted molar refractivity (Wildman–Crippen MR) is 105 cm³/mol. The van der Waals surface area contributed by atoms with Crippen molar-refractivity contribution in [3.8, 4) is 16.9 Å². The summed E-state index contributed by atoms with van der Waals surface area (Å²) in [6, 6.07) is 19.8. The Kier molecular flexibility index (Phi) is 4.17. The number of amides is 1. The second kappa shape index (κ2) is 6.50. The number of halogens is 1. The number of rotatable bonds is 3. The van der Waals surface area contributed by atoms with Crippen LogP contribution < -0.4 is 10.1 Å². The summed E-state index contributed by atoms with van der Waals surface area (Å²) in [4.78, 5) is 12.7. The summed E-state index contributed by atoms with van der Waals surface area (Å²) < 4.78 is 5.44. The van der Waals surface area contributed by atoms with Crippen LogP contribution in [0, 0.1) is 6.92 Å². The number of benzene rings is 3. The van der Waals surface area contributed by atoms with E-state index in [2.05, 4.69) is 36.5 Å². The molecule has 4 rings (SSSR count). The molecule has 1 N–H and O–H groups in total. The van der Waals surface area contributed by atoms with E-state index >= 15 is 0 Å². The van der Waals surface area contributed by atoms with Crippen LogP contribution in [-0.4, -0.2) is 13.0 Å². The number of aryl methyl sites for hydroxylation is 1. The predicted octanol–water partition coefficient (Wildman–Crippen LogP) is 5.41. The van der Waals surface area contributed by atoms with E-state index in [1.54, 1.807) is 25.3 Å². The zero-order chi connectivity index (χ0) is 18.3. The first kappa shape index (κ1) is 16.7. The van der Waals surface area contributed by atoms with E-state index < -0.39 is 5.92 Å². The molecule has 1 amide bonds. The van der Waals surface area contributed by atoms with Crippen LogP contribution in [0.1, 0.15) is 22.6 Å². The monoisotopic (exact) mass is 363 g/mol. The minimum Gasteiger partial charge on any atom is -0.496 e. The summed E-state index contributed by atoms with van der Waals surface area (Å²) in [6.45, 7) is 2.07. The van der Waals surface area contributed by atoms with Crippen LogP contribution in [0.3, 0.4) is 0 Å². The van der Waals surface area contributed by atoms with Crippen molar-refractivity contribution >= 4 is 23.2 Å². The lowest BCUT2D eigenvalue weighted by Crippen LogP contribution is -2.14. The number of fused-ring (bicyclic) bond motifs is 1. The van der Waals surface area contributed by atoms with Crippen LogP contribution in [0.25, 0.3) is 11.1 Å². The molecular weight excluding hydrogens is 346 g/mol. The van der Waals surface area contributed by atoms with E-state index in [-0.39, 0.29) is 5.91 Å². The van der Waals surface area contributed by atoms with Crippen LogP contribution in [0.15, 0.2) is 60.7 Å². The number of carbonyl (C=O) groups is 1. The lowest BCUT2D eigenvalue weighted by Gasteiger charge is -2.14. The Labute approximate surface area is 157 Å². The lowest BCUT2D eigenvalue weighted by molar-refractivity contribution is -0.116. The molecular formula is C22H18ClNO2. The molecule has 4 heteroatoms. The molecule has 0 fully saturated rings. The van der Waals surface area contributed by atoms with Crippen molar-refractivity contribution in [3.05, 3.63) is 82.4 Å². The first-order valence-corrected chi connectivity index (χ1v) is 8.80. The highest BCUT2D eigenvalue weighted by Crippen LogP contribution is 2.43. The topological polar surface area (TPSA) is 38.3 Å². The van der Waals surface area contributed by atoms with E-state index in [4.69, 9.17) is 16.3 Å². The van der Waals surface area contributed by atoms with Crippen LogP contribution >= 0.6 is 11.6 Å². The molecule has 0 aromatic heterocycles. The van der Waals surface area contributed by atoms with Crippen molar-refractivity contribution in [1.82, 2.24) is 0 Å². The second-order valence-electron chi connectivity index (χ2n) is 6.48. The van der Waals surface area contributed by atoms with E-state index in [1.165, 1.54) is 5.56 Å². The van der Waals surface area contributed by atoms with Crippen molar-refractivity contribution in [2.24, 2.45) is 0 Å². The van der Waals surface area contributed by atoms with Crippen molar-refractivity contribution in [3.63, 3.8) is 0 Å². The summed E-state index contributed by atoms with van der Waals surface area (Å²) >= 11 is 6.16. The third-order valence-electron chi connectivity index (χ3n) is 4.77. The fourth-order valence-electron chi connectivity index (χ4n) is 3.43. The van der Waals surface area contributed by atoms with E-state index in [1.807, 2.05) is 18.2 Å². The summed E-state index contributed by atoms with van der Waals surface area (Å²) in [5, 5.41) is 3.58. The Hall–Kier alpha value is -2.78. The van der Waals surface area contributed by atoms with Gasteiger partial charge in [-0.05, 0) is 47.9 Å². The molecule has 26 heavy (non-hydrogen) atoms. The van der Waals surface area contributed by atoms with Gasteiger partial charge in [0.25, 0.3) is 0 Å². The molecule has 0 spiro atoms. The average Bonchev–Trinajstić information content (AvgIpc) is 2.97. The van der Waals surface area contributed by atoms with Crippen LogP contribution in [0.4, 0.5) is 5.69 Å². The van der Waals surface area contributed by atoms with Crippen molar-refractivity contribution in [1.29, 1.82) is 0 Å². The van der Waals surface area contributed by atoms with Gasteiger partial charge in [-0.25, -0.2) is 0 Å². The fraction of sp³-hybridized carbons (Fsp3) is 0.136. The smallest absolute Gasteiger partial charge is 0.236 e. The van der Waals surface area contributed by atoms with Gasteiger partial charge in [0.15, 0.2) is 0 Å². The first-order valence-electron chi connectivity index (χ1n) is 8.42. The van der Waals surface area contributed by atoms with Gasteiger partial charge in [0.2, 0.25) is 5.91 Å². The fourth-order valence-corrected chi connectivity index (χ4v) is 3.61. The van der Waals surface area contributed by atoms with Gasteiger partial charge in [-0.2, -0.15) is 0 Å². The van der Waals surface area contributed by atoms with Gasteiger partial charge in [-0.1, -0.05) is 53.6 Å². The zero-order valence-electron chi connectivity index (χ0n) is 14.5. The molecule has 0 aliphatic carbocycles. The van der Waals surface area contributed by atoms with Gasteiger partial charge in [0.05, 0.1) is 13.0 Å². The first-order chi connectivity index (χ1) is 12.6. The van der Waals surface area contributed by atoms with Crippen molar-refractivity contribution < 1.29 is 9.53 Å². The number of ether oxygens (including phenoxy) is 1. The van der Waals surface area contributed by atoms with Crippen LogP contribution in [0.2, 0.25) is 5.02 Å². The molecule has 130 valence electrons. The molecule has 0 saturated carbocycles. The van der Waals surface area contributed by atoms with Gasteiger partial charge in [-0.15, -0.1) is 0 Å². The van der Waals surface area contributed by atoms with Crippen molar-refractivity contribution in [2.75, 3.05) is 12.4 Å². The molecule has 1 atom stereocenters. The lowest BCUT2D eigenvalue weighted by atomic mass is 9.90. The number of anilines is 1. The summed E-state index contributed by atoms with van der Waals surface area (Å²) in [7, 11) is 1.60. The average molecular weight is 364 g/mol. The highest BCUT2D eigenvalue weighted by atomic mass is 35.5. The molecule has 0 saturated heterocycles. The van der Waals surface area contributed by atoms with Crippen LogP contribution in [0.5, 0.6) is 5.75 Å². The van der Waals surface area contributed by atoms with Gasteiger partial charge >= 0.3 is 0 Å². The van der Waals surface area contributed by atoms with E-state index in [0.29, 0.717) is 10.8 Å². The Morgan fingerprint density at radius 1 is 0.923 bits per heavy atom. The number of hydrogen-bond acceptors (Lipinski definition) is 2. The maximum absolute atomic E-state index is 12.7. The van der Waals surface area contributed by atoms with Gasteiger partial charge in [0.1, 0.15) is 5.75 Å². The number of carbonyl (C=O) groups excluding carboxylic acids is 1. The summed E-state index contributed by atoms with van der Waals surface area (Å²) in [5.74, 6) is 0.164. The molecule has 1 aliphatic rings. The summed E-state index contributed by atoms with van der Waals surface area (Å²) in [5.41, 5.74) is 5.96. The Bertz CT molecular complexity index is 996. The Morgan fingerprint density at radius 3 is 2.38 bits per heavy atom. The number of nitrogens with one attached hydrogen (secondary N) is 1. The summed E-state index contributed by atoms with van der Waals surface area (Å²) in [6.07, 6.45) is 0. The number of hydrogen-bond donors (Lipinski definition) is 1. The van der Waals surface area contributed by atoms with Gasteiger partial charge < -0.3 is 10.1 Å². The molecule has 3 nitrogen and oxygen atoms in total. The van der Waals surface area contributed by atoms with E-state index in [9.17, 15) is 4.79 Å². The Balaban J connectivity index is 1.78. The molecule has 3 aromatic rings. The Morgan fingerprint density at radius 2 is 1.65 bits per heavy atom. The molecule has 0 bridgehead atoms. The zero-order valence-corrected chi connectivity index (χ0v) is 15.3. The quantitative estimate of drug-likeness (QED) is 0.675. The van der Waals surface area contributed by atoms with E-state index in [0.717, 1.165) is 27.9 Å². The molecule has 0 radical (unpaired) electrons. The third kappa shape index (κ3) is 2.85. The molecule has 1 unspecified atom stereocenters. The number of methoxy groups -OCH3 is 1. The minimum atomic E-state index is -0.425. The molecule has 1 heterocycles. The normalized spacial score (nSPS) is 15.5. The second-order valence-corrected chi connectivity index (χ2v) is 6.91. The highest BCUT2D eigenvalue weighted by molar-refractivity contribution is 6.30.